The highest BCUT2D eigenvalue weighted by atomic mass is 16.5. The van der Waals surface area contributed by atoms with Gasteiger partial charge in [-0.2, -0.15) is 0 Å². The van der Waals surface area contributed by atoms with Crippen LogP contribution in [0.1, 0.15) is 18.4 Å². The topological polar surface area (TPSA) is 56.8 Å². The lowest BCUT2D eigenvalue weighted by atomic mass is 10.1. The monoisotopic (exact) mass is 406 g/mol. The number of amides is 1. The van der Waals surface area contributed by atoms with Gasteiger partial charge in [0.25, 0.3) is 5.91 Å². The molecular formula is C24H30N4O2. The highest BCUT2D eigenvalue weighted by Gasteiger charge is 2.23. The lowest BCUT2D eigenvalue weighted by Crippen LogP contribution is -2.44. The third kappa shape index (κ3) is 5.20. The third-order valence-electron chi connectivity index (χ3n) is 5.68. The number of anilines is 2. The summed E-state index contributed by atoms with van der Waals surface area (Å²) in [6.45, 7) is 6.59. The Morgan fingerprint density at radius 2 is 1.80 bits per heavy atom. The number of para-hydroxylation sites is 1. The van der Waals surface area contributed by atoms with Crippen LogP contribution in [0.4, 0.5) is 11.4 Å². The molecular weight excluding hydrogens is 376 g/mol. The number of piperazine rings is 1. The van der Waals surface area contributed by atoms with Gasteiger partial charge < -0.3 is 25.2 Å². The van der Waals surface area contributed by atoms with Gasteiger partial charge in [-0.15, -0.1) is 0 Å². The summed E-state index contributed by atoms with van der Waals surface area (Å²) >= 11 is 0. The first-order chi connectivity index (χ1) is 14.7. The van der Waals surface area contributed by atoms with Crippen LogP contribution in [0.15, 0.2) is 54.7 Å². The number of unbranched alkanes of at least 4 members (excludes halogenated alkanes) is 1. The summed E-state index contributed by atoms with van der Waals surface area (Å²) in [4.78, 5) is 17.1. The molecule has 6 heteroatoms. The number of rotatable bonds is 8. The van der Waals surface area contributed by atoms with E-state index in [0.717, 1.165) is 42.3 Å². The Morgan fingerprint density at radius 3 is 2.60 bits per heavy atom. The molecule has 0 radical (unpaired) electrons. The van der Waals surface area contributed by atoms with E-state index in [1.54, 1.807) is 6.20 Å². The zero-order valence-electron chi connectivity index (χ0n) is 17.6. The van der Waals surface area contributed by atoms with Crippen LogP contribution < -0.4 is 15.4 Å². The van der Waals surface area contributed by atoms with Crippen molar-refractivity contribution < 1.29 is 9.53 Å². The standard InChI is InChI=1S/C24H30N4O2/c1-27-13-15-28(16-14-27)12-4-5-17-30-20-10-8-19(9-11-20)25-18-22-21-6-2-3-7-23(21)26-24(22)29/h2-3,6-11,18,25H,4-5,12-17H2,1H3,(H,26,29). The molecule has 2 aromatic rings. The predicted octanol–water partition coefficient (Wildman–Crippen LogP) is 3.50. The van der Waals surface area contributed by atoms with Crippen LogP contribution in [0.5, 0.6) is 5.75 Å². The Bertz CT molecular complexity index is 886. The van der Waals surface area contributed by atoms with Gasteiger partial charge in [-0.05, 0) is 56.8 Å². The Balaban J connectivity index is 1.20. The maximum absolute atomic E-state index is 12.1. The molecule has 158 valence electrons. The molecule has 2 aliphatic rings. The minimum absolute atomic E-state index is 0.0831. The molecule has 0 aromatic heterocycles. The van der Waals surface area contributed by atoms with Crippen LogP contribution in [0.3, 0.4) is 0 Å². The second-order valence-corrected chi connectivity index (χ2v) is 7.93. The Labute approximate surface area is 178 Å². The summed E-state index contributed by atoms with van der Waals surface area (Å²) < 4.78 is 5.87. The smallest absolute Gasteiger partial charge is 0.257 e. The molecule has 2 aromatic carbocycles. The highest BCUT2D eigenvalue weighted by molar-refractivity contribution is 6.31. The van der Waals surface area contributed by atoms with Crippen molar-refractivity contribution in [3.8, 4) is 5.75 Å². The zero-order valence-corrected chi connectivity index (χ0v) is 17.6. The van der Waals surface area contributed by atoms with Gasteiger partial charge in [-0.3, -0.25) is 4.79 Å². The average Bonchev–Trinajstić information content (AvgIpc) is 3.09. The van der Waals surface area contributed by atoms with E-state index in [1.165, 1.54) is 32.6 Å². The summed E-state index contributed by atoms with van der Waals surface area (Å²) in [5, 5.41) is 6.09. The molecule has 30 heavy (non-hydrogen) atoms. The zero-order chi connectivity index (χ0) is 20.8. The van der Waals surface area contributed by atoms with Crippen molar-refractivity contribution in [2.75, 3.05) is 57.0 Å². The Morgan fingerprint density at radius 1 is 1.03 bits per heavy atom. The van der Waals surface area contributed by atoms with Gasteiger partial charge in [0.05, 0.1) is 12.2 Å². The van der Waals surface area contributed by atoms with Crippen molar-refractivity contribution in [2.24, 2.45) is 0 Å². The van der Waals surface area contributed by atoms with Crippen molar-refractivity contribution in [3.63, 3.8) is 0 Å². The van der Waals surface area contributed by atoms with Gasteiger partial charge in [-0.25, -0.2) is 0 Å². The van der Waals surface area contributed by atoms with Crippen LogP contribution in [-0.4, -0.2) is 62.1 Å². The molecule has 2 N–H and O–H groups in total. The van der Waals surface area contributed by atoms with Crippen molar-refractivity contribution in [3.05, 3.63) is 60.3 Å². The van der Waals surface area contributed by atoms with E-state index in [0.29, 0.717) is 5.57 Å². The number of carbonyl (C=O) groups excluding carboxylic acids is 1. The molecule has 1 fully saturated rings. The number of fused-ring (bicyclic) bond motifs is 1. The molecule has 6 nitrogen and oxygen atoms in total. The minimum Gasteiger partial charge on any atom is -0.494 e. The van der Waals surface area contributed by atoms with Gasteiger partial charge in [0.2, 0.25) is 0 Å². The summed E-state index contributed by atoms with van der Waals surface area (Å²) in [6, 6.07) is 15.6. The number of ether oxygens (including phenoxy) is 1. The summed E-state index contributed by atoms with van der Waals surface area (Å²) in [5.74, 6) is 0.789. The van der Waals surface area contributed by atoms with E-state index in [1.807, 2.05) is 48.5 Å². The summed E-state index contributed by atoms with van der Waals surface area (Å²) in [5.41, 5.74) is 3.34. The Hall–Kier alpha value is -2.83. The van der Waals surface area contributed by atoms with Gasteiger partial charge in [0.1, 0.15) is 5.75 Å². The first-order valence-corrected chi connectivity index (χ1v) is 10.7. The molecule has 0 spiro atoms. The second kappa shape index (κ2) is 9.78. The van der Waals surface area contributed by atoms with Crippen LogP contribution in [0.25, 0.3) is 5.57 Å². The van der Waals surface area contributed by atoms with Gasteiger partial charge in [0.15, 0.2) is 0 Å². The molecule has 0 saturated carbocycles. The maximum atomic E-state index is 12.1. The van der Waals surface area contributed by atoms with Crippen molar-refractivity contribution in [1.29, 1.82) is 0 Å². The Kier molecular flexibility index (Phi) is 6.67. The fourth-order valence-corrected chi connectivity index (χ4v) is 3.78. The molecule has 1 amide bonds. The van der Waals surface area contributed by atoms with E-state index in [4.69, 9.17) is 4.74 Å². The molecule has 0 atom stereocenters. The fourth-order valence-electron chi connectivity index (χ4n) is 3.78. The summed E-state index contributed by atoms with van der Waals surface area (Å²) in [6.07, 6.45) is 3.99. The van der Waals surface area contributed by atoms with E-state index in [2.05, 4.69) is 27.5 Å². The lowest BCUT2D eigenvalue weighted by molar-refractivity contribution is -0.110. The third-order valence-corrected chi connectivity index (χ3v) is 5.68. The molecule has 2 heterocycles. The number of nitrogens with zero attached hydrogens (tertiary/aromatic N) is 2. The lowest BCUT2D eigenvalue weighted by Gasteiger charge is -2.32. The second-order valence-electron chi connectivity index (χ2n) is 7.93. The van der Waals surface area contributed by atoms with Crippen molar-refractivity contribution in [2.45, 2.75) is 12.8 Å². The van der Waals surface area contributed by atoms with Crippen LogP contribution >= 0.6 is 0 Å². The minimum atomic E-state index is -0.0831. The predicted molar refractivity (Wildman–Crippen MR) is 122 cm³/mol. The van der Waals surface area contributed by atoms with E-state index >= 15 is 0 Å². The van der Waals surface area contributed by atoms with Crippen molar-refractivity contribution in [1.82, 2.24) is 9.80 Å². The van der Waals surface area contributed by atoms with E-state index in [-0.39, 0.29) is 5.91 Å². The van der Waals surface area contributed by atoms with E-state index < -0.39 is 0 Å². The SMILES string of the molecule is CN1CCN(CCCCOc2ccc(NC=C3C(=O)Nc4ccccc43)cc2)CC1. The number of likely N-dealkylation sites (N-methyl/N-ethyl adjacent to an activating group) is 1. The quantitative estimate of drug-likeness (QED) is 0.519. The van der Waals surface area contributed by atoms with Crippen LogP contribution in [-0.2, 0) is 4.79 Å². The number of carbonyl (C=O) groups is 1. The van der Waals surface area contributed by atoms with Crippen molar-refractivity contribution >= 4 is 22.9 Å². The molecule has 0 unspecified atom stereocenters. The first-order valence-electron chi connectivity index (χ1n) is 10.7. The number of benzene rings is 2. The van der Waals surface area contributed by atoms with Crippen LogP contribution in [0.2, 0.25) is 0 Å². The number of hydrogen-bond donors (Lipinski definition) is 2. The maximum Gasteiger partial charge on any atom is 0.257 e. The first kappa shape index (κ1) is 20.4. The molecule has 4 rings (SSSR count). The molecule has 0 aliphatic carbocycles. The van der Waals surface area contributed by atoms with Crippen LogP contribution in [0, 0.1) is 0 Å². The average molecular weight is 407 g/mol. The largest absolute Gasteiger partial charge is 0.494 e. The highest BCUT2D eigenvalue weighted by Crippen LogP contribution is 2.31. The number of nitrogens with one attached hydrogen (secondary N) is 2. The normalized spacial score (nSPS) is 18.3. The number of hydrogen-bond acceptors (Lipinski definition) is 5. The summed E-state index contributed by atoms with van der Waals surface area (Å²) in [7, 11) is 2.19. The van der Waals surface area contributed by atoms with E-state index in [9.17, 15) is 4.79 Å². The molecule has 1 saturated heterocycles. The fraction of sp³-hybridized carbons (Fsp3) is 0.375. The molecule has 0 bridgehead atoms. The molecule has 2 aliphatic heterocycles. The van der Waals surface area contributed by atoms with Gasteiger partial charge >= 0.3 is 0 Å². The van der Waals surface area contributed by atoms with Gasteiger partial charge in [0, 0.05) is 49.3 Å². The van der Waals surface area contributed by atoms with Gasteiger partial charge in [-0.1, -0.05) is 18.2 Å².